The Bertz CT molecular complexity index is 699. The molecule has 1 heterocycles. The summed E-state index contributed by atoms with van der Waals surface area (Å²) in [5, 5.41) is 2.85. The van der Waals surface area contributed by atoms with Crippen LogP contribution in [0.25, 0.3) is 0 Å². The zero-order chi connectivity index (χ0) is 16.2. The Hall–Kier alpha value is -2.62. The standard InChI is InChI=1S/C19H20N2O2/c1-14-4-10-17(11-5-14)20-18(22)15-6-8-16(9-7-15)19(23)21-12-2-3-13-21/h4-11H,2-3,12-13H2,1H3,(H,20,22). The highest BCUT2D eigenvalue weighted by molar-refractivity contribution is 6.05. The first-order valence-electron chi connectivity index (χ1n) is 7.91. The molecule has 1 N–H and O–H groups in total. The molecule has 2 aromatic rings. The van der Waals surface area contributed by atoms with E-state index in [1.54, 1.807) is 24.3 Å². The van der Waals surface area contributed by atoms with Gasteiger partial charge in [0.05, 0.1) is 0 Å². The van der Waals surface area contributed by atoms with E-state index in [0.717, 1.165) is 37.2 Å². The highest BCUT2D eigenvalue weighted by Crippen LogP contribution is 2.15. The lowest BCUT2D eigenvalue weighted by Gasteiger charge is -2.15. The third kappa shape index (κ3) is 3.59. The molecule has 0 bridgehead atoms. The van der Waals surface area contributed by atoms with Crippen LogP contribution in [0.5, 0.6) is 0 Å². The van der Waals surface area contributed by atoms with Crippen LogP contribution in [-0.4, -0.2) is 29.8 Å². The van der Waals surface area contributed by atoms with E-state index >= 15 is 0 Å². The molecule has 2 aromatic carbocycles. The summed E-state index contributed by atoms with van der Waals surface area (Å²) in [5.74, 6) is -0.123. The topological polar surface area (TPSA) is 49.4 Å². The second kappa shape index (κ2) is 6.65. The second-order valence-corrected chi connectivity index (χ2v) is 5.90. The minimum atomic E-state index is -0.172. The van der Waals surface area contributed by atoms with Crippen molar-refractivity contribution in [2.75, 3.05) is 18.4 Å². The SMILES string of the molecule is Cc1ccc(NC(=O)c2ccc(C(=O)N3CCCC3)cc2)cc1. The van der Waals surface area contributed by atoms with Crippen LogP contribution in [0.15, 0.2) is 48.5 Å². The van der Waals surface area contributed by atoms with Gasteiger partial charge in [-0.25, -0.2) is 0 Å². The number of carbonyl (C=O) groups is 2. The molecule has 4 heteroatoms. The van der Waals surface area contributed by atoms with Crippen LogP contribution >= 0.6 is 0 Å². The van der Waals surface area contributed by atoms with E-state index in [1.165, 1.54) is 0 Å². The first kappa shape index (κ1) is 15.3. The van der Waals surface area contributed by atoms with Crippen molar-refractivity contribution >= 4 is 17.5 Å². The number of nitrogens with zero attached hydrogens (tertiary/aromatic N) is 1. The van der Waals surface area contributed by atoms with Gasteiger partial charge < -0.3 is 10.2 Å². The number of benzene rings is 2. The monoisotopic (exact) mass is 308 g/mol. The summed E-state index contributed by atoms with van der Waals surface area (Å²) >= 11 is 0. The zero-order valence-corrected chi connectivity index (χ0v) is 13.2. The van der Waals surface area contributed by atoms with Crippen molar-refractivity contribution in [3.05, 3.63) is 65.2 Å². The molecule has 4 nitrogen and oxygen atoms in total. The van der Waals surface area contributed by atoms with Crippen molar-refractivity contribution in [2.45, 2.75) is 19.8 Å². The molecule has 118 valence electrons. The number of nitrogens with one attached hydrogen (secondary N) is 1. The fourth-order valence-corrected chi connectivity index (χ4v) is 2.71. The Kier molecular flexibility index (Phi) is 4.42. The Morgan fingerprint density at radius 1 is 0.870 bits per heavy atom. The number of anilines is 1. The van der Waals surface area contributed by atoms with Gasteiger partial charge in [0.25, 0.3) is 11.8 Å². The van der Waals surface area contributed by atoms with Gasteiger partial charge in [-0.05, 0) is 56.2 Å². The molecule has 0 radical (unpaired) electrons. The van der Waals surface area contributed by atoms with Gasteiger partial charge in [0.15, 0.2) is 0 Å². The fourth-order valence-electron chi connectivity index (χ4n) is 2.71. The summed E-state index contributed by atoms with van der Waals surface area (Å²) in [6.07, 6.45) is 2.14. The van der Waals surface area contributed by atoms with Gasteiger partial charge in [0, 0.05) is 29.9 Å². The number of rotatable bonds is 3. The largest absolute Gasteiger partial charge is 0.339 e. The van der Waals surface area contributed by atoms with Crippen molar-refractivity contribution in [1.29, 1.82) is 0 Å². The molecule has 0 unspecified atom stereocenters. The first-order chi connectivity index (χ1) is 11.1. The average Bonchev–Trinajstić information content (AvgIpc) is 3.11. The van der Waals surface area contributed by atoms with Gasteiger partial charge in [0.2, 0.25) is 0 Å². The number of carbonyl (C=O) groups excluding carboxylic acids is 2. The Morgan fingerprint density at radius 3 is 2.04 bits per heavy atom. The Balaban J connectivity index is 1.67. The molecule has 0 saturated carbocycles. The smallest absolute Gasteiger partial charge is 0.255 e. The third-order valence-electron chi connectivity index (χ3n) is 4.10. The number of likely N-dealkylation sites (tertiary alicyclic amines) is 1. The van der Waals surface area contributed by atoms with Gasteiger partial charge in [-0.15, -0.1) is 0 Å². The summed E-state index contributed by atoms with van der Waals surface area (Å²) < 4.78 is 0. The molecule has 0 atom stereocenters. The normalized spacial score (nSPS) is 13.9. The van der Waals surface area contributed by atoms with Crippen molar-refractivity contribution in [3.63, 3.8) is 0 Å². The lowest BCUT2D eigenvalue weighted by atomic mass is 10.1. The molecule has 1 aliphatic heterocycles. The van der Waals surface area contributed by atoms with Crippen LogP contribution in [-0.2, 0) is 0 Å². The predicted octanol–water partition coefficient (Wildman–Crippen LogP) is 3.48. The van der Waals surface area contributed by atoms with E-state index in [0.29, 0.717) is 11.1 Å². The summed E-state index contributed by atoms with van der Waals surface area (Å²) in [5.41, 5.74) is 3.09. The maximum Gasteiger partial charge on any atom is 0.255 e. The van der Waals surface area contributed by atoms with E-state index < -0.39 is 0 Å². The van der Waals surface area contributed by atoms with E-state index in [4.69, 9.17) is 0 Å². The number of aryl methyl sites for hydroxylation is 1. The maximum absolute atomic E-state index is 12.3. The van der Waals surface area contributed by atoms with E-state index in [-0.39, 0.29) is 11.8 Å². The van der Waals surface area contributed by atoms with Gasteiger partial charge in [0.1, 0.15) is 0 Å². The lowest BCUT2D eigenvalue weighted by Crippen LogP contribution is -2.27. The number of hydrogen-bond acceptors (Lipinski definition) is 2. The molecule has 1 fully saturated rings. The Labute approximate surface area is 136 Å². The molecule has 0 aromatic heterocycles. The van der Waals surface area contributed by atoms with Crippen molar-refractivity contribution in [2.24, 2.45) is 0 Å². The van der Waals surface area contributed by atoms with E-state index in [1.807, 2.05) is 36.1 Å². The molecular formula is C19H20N2O2. The maximum atomic E-state index is 12.3. The van der Waals surface area contributed by atoms with Gasteiger partial charge in [-0.1, -0.05) is 17.7 Å². The summed E-state index contributed by atoms with van der Waals surface area (Å²) in [4.78, 5) is 26.4. The highest BCUT2D eigenvalue weighted by atomic mass is 16.2. The zero-order valence-electron chi connectivity index (χ0n) is 13.2. The summed E-state index contributed by atoms with van der Waals surface area (Å²) in [6.45, 7) is 3.66. The van der Waals surface area contributed by atoms with Crippen molar-refractivity contribution < 1.29 is 9.59 Å². The molecule has 1 saturated heterocycles. The van der Waals surface area contributed by atoms with Crippen LogP contribution in [0.1, 0.15) is 39.1 Å². The van der Waals surface area contributed by atoms with Crippen molar-refractivity contribution in [3.8, 4) is 0 Å². The van der Waals surface area contributed by atoms with Gasteiger partial charge in [-0.2, -0.15) is 0 Å². The molecule has 0 aliphatic carbocycles. The molecule has 23 heavy (non-hydrogen) atoms. The van der Waals surface area contributed by atoms with E-state index in [2.05, 4.69) is 5.32 Å². The lowest BCUT2D eigenvalue weighted by molar-refractivity contribution is 0.0792. The predicted molar refractivity (Wildman–Crippen MR) is 90.7 cm³/mol. The fraction of sp³-hybridized carbons (Fsp3) is 0.263. The van der Waals surface area contributed by atoms with Gasteiger partial charge in [-0.3, -0.25) is 9.59 Å². The number of amides is 2. The Morgan fingerprint density at radius 2 is 1.43 bits per heavy atom. The van der Waals surface area contributed by atoms with Crippen LogP contribution in [0.2, 0.25) is 0 Å². The van der Waals surface area contributed by atoms with Crippen molar-refractivity contribution in [1.82, 2.24) is 4.90 Å². The van der Waals surface area contributed by atoms with Crippen LogP contribution in [0.3, 0.4) is 0 Å². The first-order valence-corrected chi connectivity index (χ1v) is 7.91. The minimum Gasteiger partial charge on any atom is -0.339 e. The third-order valence-corrected chi connectivity index (χ3v) is 4.10. The second-order valence-electron chi connectivity index (χ2n) is 5.90. The quantitative estimate of drug-likeness (QED) is 0.943. The number of hydrogen-bond donors (Lipinski definition) is 1. The van der Waals surface area contributed by atoms with Crippen LogP contribution < -0.4 is 5.32 Å². The van der Waals surface area contributed by atoms with Gasteiger partial charge >= 0.3 is 0 Å². The summed E-state index contributed by atoms with van der Waals surface area (Å²) in [7, 11) is 0. The van der Waals surface area contributed by atoms with Crippen LogP contribution in [0.4, 0.5) is 5.69 Å². The minimum absolute atomic E-state index is 0.0491. The molecular weight excluding hydrogens is 288 g/mol. The summed E-state index contributed by atoms with van der Waals surface area (Å²) in [6, 6.07) is 14.5. The molecule has 1 aliphatic rings. The van der Waals surface area contributed by atoms with Crippen LogP contribution in [0, 0.1) is 6.92 Å². The molecule has 0 spiro atoms. The van der Waals surface area contributed by atoms with E-state index in [9.17, 15) is 9.59 Å². The molecule has 2 amide bonds. The highest BCUT2D eigenvalue weighted by Gasteiger charge is 2.19. The average molecular weight is 308 g/mol. The molecule has 3 rings (SSSR count).